The fourth-order valence-corrected chi connectivity index (χ4v) is 3.85. The first-order chi connectivity index (χ1) is 12.8. The van der Waals surface area contributed by atoms with Gasteiger partial charge in [-0.3, -0.25) is 9.59 Å². The molecule has 0 N–H and O–H groups in total. The van der Waals surface area contributed by atoms with Crippen LogP contribution >= 0.6 is 11.8 Å². The highest BCUT2D eigenvalue weighted by Gasteiger charge is 2.40. The van der Waals surface area contributed by atoms with Crippen molar-refractivity contribution >= 4 is 40.5 Å². The first-order valence-corrected chi connectivity index (χ1v) is 9.50. The van der Waals surface area contributed by atoms with Crippen molar-refractivity contribution in [3.63, 3.8) is 0 Å². The Hall–Kier alpha value is -2.60. The Morgan fingerprint density at radius 3 is 2.04 bits per heavy atom. The second-order valence-corrected chi connectivity index (χ2v) is 8.32. The van der Waals surface area contributed by atoms with E-state index < -0.39 is 0 Å². The minimum Gasteiger partial charge on any atom is -0.378 e. The standard InChI is InChI=1S/C21H21FN2O2S/c1-13(2)27-19-18(14-5-7-15(22)8-6-14)20(25)24(21(19)26)17-11-9-16(10-12-17)23(3)4/h5-13H,1-4H3. The van der Waals surface area contributed by atoms with E-state index in [9.17, 15) is 14.0 Å². The van der Waals surface area contributed by atoms with Gasteiger partial charge in [-0.15, -0.1) is 11.8 Å². The van der Waals surface area contributed by atoms with Crippen LogP contribution in [0.25, 0.3) is 5.57 Å². The van der Waals surface area contributed by atoms with Crippen LogP contribution in [0, 0.1) is 5.82 Å². The highest BCUT2D eigenvalue weighted by molar-refractivity contribution is 8.04. The van der Waals surface area contributed by atoms with E-state index >= 15 is 0 Å². The fraction of sp³-hybridized carbons (Fsp3) is 0.238. The molecule has 0 bridgehead atoms. The first-order valence-electron chi connectivity index (χ1n) is 8.62. The summed E-state index contributed by atoms with van der Waals surface area (Å²) in [5.41, 5.74) is 2.37. The molecule has 1 aliphatic heterocycles. The molecule has 4 nitrogen and oxygen atoms in total. The summed E-state index contributed by atoms with van der Waals surface area (Å²) in [5.74, 6) is -1.10. The number of nitrogens with zero attached hydrogens (tertiary/aromatic N) is 2. The van der Waals surface area contributed by atoms with E-state index in [0.29, 0.717) is 21.7 Å². The Bertz CT molecular complexity index is 903. The second kappa shape index (κ2) is 7.56. The van der Waals surface area contributed by atoms with Crippen molar-refractivity contribution in [1.29, 1.82) is 0 Å². The number of thioether (sulfide) groups is 1. The molecule has 0 fully saturated rings. The van der Waals surface area contributed by atoms with Gasteiger partial charge in [0, 0.05) is 25.0 Å². The first kappa shape index (κ1) is 19.2. The molecule has 0 aliphatic carbocycles. The summed E-state index contributed by atoms with van der Waals surface area (Å²) in [6.07, 6.45) is 0. The highest BCUT2D eigenvalue weighted by Crippen LogP contribution is 2.40. The maximum absolute atomic E-state index is 13.3. The molecular formula is C21H21FN2O2S. The molecule has 0 radical (unpaired) electrons. The molecule has 1 aliphatic rings. The van der Waals surface area contributed by atoms with Crippen LogP contribution < -0.4 is 9.80 Å². The Morgan fingerprint density at radius 1 is 0.926 bits per heavy atom. The predicted octanol–water partition coefficient (Wildman–Crippen LogP) is 4.32. The highest BCUT2D eigenvalue weighted by atomic mass is 32.2. The van der Waals surface area contributed by atoms with Crippen LogP contribution in [0.3, 0.4) is 0 Å². The van der Waals surface area contributed by atoms with Gasteiger partial charge in [0.05, 0.1) is 16.2 Å². The topological polar surface area (TPSA) is 40.6 Å². The lowest BCUT2D eigenvalue weighted by atomic mass is 10.1. The molecule has 0 atom stereocenters. The third-order valence-corrected chi connectivity index (χ3v) is 5.24. The van der Waals surface area contributed by atoms with Gasteiger partial charge in [-0.05, 0) is 42.0 Å². The normalized spacial score (nSPS) is 14.5. The molecule has 1 heterocycles. The van der Waals surface area contributed by atoms with Crippen molar-refractivity contribution in [3.8, 4) is 0 Å². The van der Waals surface area contributed by atoms with E-state index in [-0.39, 0.29) is 22.9 Å². The number of carbonyl (C=O) groups excluding carboxylic acids is 2. The number of halogens is 1. The van der Waals surface area contributed by atoms with Gasteiger partial charge in [0.15, 0.2) is 0 Å². The molecule has 0 saturated carbocycles. The van der Waals surface area contributed by atoms with Crippen molar-refractivity contribution < 1.29 is 14.0 Å². The van der Waals surface area contributed by atoms with Gasteiger partial charge in [0.25, 0.3) is 11.8 Å². The zero-order chi connectivity index (χ0) is 19.7. The molecule has 140 valence electrons. The number of hydrogen-bond acceptors (Lipinski definition) is 4. The molecular weight excluding hydrogens is 363 g/mol. The number of anilines is 2. The summed E-state index contributed by atoms with van der Waals surface area (Å²) in [5, 5.41) is 0.128. The average molecular weight is 384 g/mol. The molecule has 0 aromatic heterocycles. The van der Waals surface area contributed by atoms with E-state index in [4.69, 9.17) is 0 Å². The monoisotopic (exact) mass is 384 g/mol. The van der Waals surface area contributed by atoms with Gasteiger partial charge < -0.3 is 4.90 Å². The lowest BCUT2D eigenvalue weighted by molar-refractivity contribution is -0.119. The molecule has 2 amide bonds. The molecule has 2 aromatic rings. The summed E-state index contributed by atoms with van der Waals surface area (Å²) in [6, 6.07) is 12.9. The van der Waals surface area contributed by atoms with Crippen molar-refractivity contribution in [2.75, 3.05) is 23.9 Å². The number of imide groups is 1. The average Bonchev–Trinajstić information content (AvgIpc) is 2.86. The minimum absolute atomic E-state index is 0.128. The van der Waals surface area contributed by atoms with Gasteiger partial charge in [-0.25, -0.2) is 9.29 Å². The summed E-state index contributed by atoms with van der Waals surface area (Å²) in [7, 11) is 3.85. The maximum Gasteiger partial charge on any atom is 0.272 e. The Balaban J connectivity index is 2.04. The molecule has 6 heteroatoms. The van der Waals surface area contributed by atoms with Gasteiger partial charge in [0.2, 0.25) is 0 Å². The molecule has 3 rings (SSSR count). The van der Waals surface area contributed by atoms with Crippen LogP contribution in [0.2, 0.25) is 0 Å². The molecule has 2 aromatic carbocycles. The summed E-state index contributed by atoms with van der Waals surface area (Å²) in [6.45, 7) is 3.93. The lowest BCUT2D eigenvalue weighted by Gasteiger charge is -2.18. The van der Waals surface area contributed by atoms with Crippen molar-refractivity contribution in [2.45, 2.75) is 19.1 Å². The quantitative estimate of drug-likeness (QED) is 0.720. The van der Waals surface area contributed by atoms with E-state index in [1.807, 2.05) is 45.0 Å². The second-order valence-electron chi connectivity index (χ2n) is 6.73. The lowest BCUT2D eigenvalue weighted by Crippen LogP contribution is -2.31. The van der Waals surface area contributed by atoms with Crippen LogP contribution in [0.15, 0.2) is 53.4 Å². The van der Waals surface area contributed by atoms with Crippen LogP contribution in [-0.4, -0.2) is 31.2 Å². The van der Waals surface area contributed by atoms with E-state index in [1.165, 1.54) is 40.9 Å². The van der Waals surface area contributed by atoms with E-state index in [0.717, 1.165) is 5.69 Å². The summed E-state index contributed by atoms with van der Waals surface area (Å²) in [4.78, 5) is 29.7. The predicted molar refractivity (Wildman–Crippen MR) is 109 cm³/mol. The van der Waals surface area contributed by atoms with Gasteiger partial charge in [-0.1, -0.05) is 26.0 Å². The van der Waals surface area contributed by atoms with Gasteiger partial charge >= 0.3 is 0 Å². The number of rotatable bonds is 5. The van der Waals surface area contributed by atoms with Crippen molar-refractivity contribution in [1.82, 2.24) is 0 Å². The van der Waals surface area contributed by atoms with Crippen LogP contribution in [0.5, 0.6) is 0 Å². The molecule has 0 unspecified atom stereocenters. The summed E-state index contributed by atoms with van der Waals surface area (Å²) < 4.78 is 13.3. The largest absolute Gasteiger partial charge is 0.378 e. The molecule has 27 heavy (non-hydrogen) atoms. The SMILES string of the molecule is CC(C)SC1=C(c2ccc(F)cc2)C(=O)N(c2ccc(N(C)C)cc2)C1=O. The zero-order valence-electron chi connectivity index (χ0n) is 15.7. The molecule has 0 spiro atoms. The van der Waals surface area contributed by atoms with Gasteiger partial charge in [-0.2, -0.15) is 0 Å². The van der Waals surface area contributed by atoms with Crippen LogP contribution in [-0.2, 0) is 9.59 Å². The Kier molecular flexibility index (Phi) is 5.37. The summed E-state index contributed by atoms with van der Waals surface area (Å²) >= 11 is 1.35. The van der Waals surface area contributed by atoms with Crippen LogP contribution in [0.1, 0.15) is 19.4 Å². The fourth-order valence-electron chi connectivity index (χ4n) is 2.86. The van der Waals surface area contributed by atoms with E-state index in [1.54, 1.807) is 12.1 Å². The zero-order valence-corrected chi connectivity index (χ0v) is 16.5. The number of amides is 2. The third-order valence-electron chi connectivity index (χ3n) is 4.15. The number of benzene rings is 2. The smallest absolute Gasteiger partial charge is 0.272 e. The Labute approximate surface area is 162 Å². The number of carbonyl (C=O) groups is 2. The molecule has 0 saturated heterocycles. The van der Waals surface area contributed by atoms with Crippen LogP contribution in [0.4, 0.5) is 15.8 Å². The van der Waals surface area contributed by atoms with Crippen molar-refractivity contribution in [2.24, 2.45) is 0 Å². The third kappa shape index (κ3) is 3.76. The van der Waals surface area contributed by atoms with Crippen molar-refractivity contribution in [3.05, 3.63) is 64.8 Å². The Morgan fingerprint density at radius 2 is 1.52 bits per heavy atom. The number of hydrogen-bond donors (Lipinski definition) is 0. The minimum atomic E-state index is -0.384. The van der Waals surface area contributed by atoms with Gasteiger partial charge in [0.1, 0.15) is 5.82 Å². The maximum atomic E-state index is 13.3. The van der Waals surface area contributed by atoms with E-state index in [2.05, 4.69) is 0 Å².